The number of piperidine rings is 1. The number of hydrogen-bond acceptors (Lipinski definition) is 1. The van der Waals surface area contributed by atoms with E-state index in [0.29, 0.717) is 0 Å². The molecule has 1 aliphatic rings. The van der Waals surface area contributed by atoms with Crippen LogP contribution in [0.4, 0.5) is 0 Å². The molecule has 1 aliphatic heterocycles. The normalized spacial score (nSPS) is 17.5. The predicted octanol–water partition coefficient (Wildman–Crippen LogP) is 3.56. The molecule has 96 valence electrons. The van der Waals surface area contributed by atoms with Crippen molar-refractivity contribution in [2.45, 2.75) is 39.5 Å². The Labute approximate surface area is 109 Å². The first-order valence-electron chi connectivity index (χ1n) is 6.97. The van der Waals surface area contributed by atoms with Gasteiger partial charge in [0.05, 0.1) is 0 Å². The minimum Gasteiger partial charge on any atom is -0.358 e. The molecule has 0 bridgehead atoms. The number of rotatable bonds is 1. The van der Waals surface area contributed by atoms with E-state index in [2.05, 4.69) is 43.2 Å². The molecule has 0 spiro atoms. The van der Waals surface area contributed by atoms with E-state index < -0.39 is 0 Å². The van der Waals surface area contributed by atoms with Crippen LogP contribution in [0.5, 0.6) is 0 Å². The van der Waals surface area contributed by atoms with Gasteiger partial charge in [0, 0.05) is 16.6 Å². The summed E-state index contributed by atoms with van der Waals surface area (Å²) in [4.78, 5) is 3.60. The number of aryl methyl sites for hydroxylation is 3. The maximum absolute atomic E-state index is 3.60. The second kappa shape index (κ2) is 4.43. The summed E-state index contributed by atoms with van der Waals surface area (Å²) in [5.41, 5.74) is 7.01. The summed E-state index contributed by atoms with van der Waals surface area (Å²) < 4.78 is 0. The highest BCUT2D eigenvalue weighted by Gasteiger charge is 2.21. The first kappa shape index (κ1) is 11.8. The van der Waals surface area contributed by atoms with Gasteiger partial charge >= 0.3 is 0 Å². The first-order valence-corrected chi connectivity index (χ1v) is 6.97. The second-order valence-electron chi connectivity index (χ2n) is 5.69. The van der Waals surface area contributed by atoms with Gasteiger partial charge in [0.2, 0.25) is 0 Å². The smallest absolute Gasteiger partial charge is 0.0488 e. The molecule has 2 heteroatoms. The predicted molar refractivity (Wildman–Crippen MR) is 77.4 cm³/mol. The van der Waals surface area contributed by atoms with Gasteiger partial charge in [0.25, 0.3) is 0 Å². The van der Waals surface area contributed by atoms with E-state index in [1.165, 1.54) is 40.6 Å². The quantitative estimate of drug-likeness (QED) is 0.786. The number of aromatic amines is 1. The molecule has 2 heterocycles. The van der Waals surface area contributed by atoms with E-state index in [4.69, 9.17) is 0 Å². The fraction of sp³-hybridized carbons (Fsp3) is 0.500. The molecule has 1 aromatic heterocycles. The molecule has 0 atom stereocenters. The van der Waals surface area contributed by atoms with Gasteiger partial charge in [-0.1, -0.05) is 11.6 Å². The molecule has 1 fully saturated rings. The third kappa shape index (κ3) is 1.85. The average Bonchev–Trinajstić information content (AvgIpc) is 2.67. The Kier molecular flexibility index (Phi) is 2.90. The Bertz CT molecular complexity index is 574. The Morgan fingerprint density at radius 2 is 1.78 bits per heavy atom. The van der Waals surface area contributed by atoms with Crippen molar-refractivity contribution in [2.24, 2.45) is 0 Å². The van der Waals surface area contributed by atoms with Gasteiger partial charge in [-0.05, 0) is 69.8 Å². The van der Waals surface area contributed by atoms with Crippen LogP contribution in [0.15, 0.2) is 12.1 Å². The highest BCUT2D eigenvalue weighted by Crippen LogP contribution is 2.35. The number of benzene rings is 1. The summed E-state index contributed by atoms with van der Waals surface area (Å²) >= 11 is 0. The molecule has 0 saturated carbocycles. The fourth-order valence-corrected chi connectivity index (χ4v) is 3.44. The summed E-state index contributed by atoms with van der Waals surface area (Å²) in [6.07, 6.45) is 2.53. The van der Waals surface area contributed by atoms with Crippen LogP contribution < -0.4 is 5.32 Å². The lowest BCUT2D eigenvalue weighted by molar-refractivity contribution is 0.461. The molecule has 2 aromatic rings. The van der Waals surface area contributed by atoms with E-state index in [-0.39, 0.29) is 0 Å². The van der Waals surface area contributed by atoms with E-state index in [1.807, 2.05) is 0 Å². The maximum Gasteiger partial charge on any atom is 0.0488 e. The number of nitrogens with one attached hydrogen (secondary N) is 2. The van der Waals surface area contributed by atoms with Crippen LogP contribution in [0, 0.1) is 20.8 Å². The lowest BCUT2D eigenvalue weighted by Crippen LogP contribution is -2.26. The third-order valence-corrected chi connectivity index (χ3v) is 4.23. The highest BCUT2D eigenvalue weighted by molar-refractivity contribution is 5.88. The molecule has 1 aromatic carbocycles. The van der Waals surface area contributed by atoms with Crippen molar-refractivity contribution in [3.05, 3.63) is 34.5 Å². The number of aromatic nitrogens is 1. The first-order chi connectivity index (χ1) is 8.66. The molecule has 0 amide bonds. The van der Waals surface area contributed by atoms with Crippen molar-refractivity contribution in [1.29, 1.82) is 0 Å². The van der Waals surface area contributed by atoms with Gasteiger partial charge in [-0.15, -0.1) is 0 Å². The van der Waals surface area contributed by atoms with Crippen LogP contribution in [0.25, 0.3) is 10.9 Å². The van der Waals surface area contributed by atoms with Crippen molar-refractivity contribution in [3.63, 3.8) is 0 Å². The van der Waals surface area contributed by atoms with Crippen LogP contribution in [0.3, 0.4) is 0 Å². The van der Waals surface area contributed by atoms with Crippen molar-refractivity contribution >= 4 is 10.9 Å². The summed E-state index contributed by atoms with van der Waals surface area (Å²) in [6.45, 7) is 8.94. The van der Waals surface area contributed by atoms with Gasteiger partial charge in [-0.2, -0.15) is 0 Å². The Balaban J connectivity index is 2.18. The fourth-order valence-electron chi connectivity index (χ4n) is 3.44. The SMILES string of the molecule is Cc1cc(C)c2[nH]c(C)c(C3CCNCC3)c2c1. The molecule has 3 rings (SSSR count). The van der Waals surface area contributed by atoms with Gasteiger partial charge < -0.3 is 10.3 Å². The van der Waals surface area contributed by atoms with E-state index in [9.17, 15) is 0 Å². The van der Waals surface area contributed by atoms with E-state index in [0.717, 1.165) is 19.0 Å². The molecule has 2 N–H and O–H groups in total. The minimum atomic E-state index is 0.723. The van der Waals surface area contributed by atoms with Crippen LogP contribution in [-0.2, 0) is 0 Å². The van der Waals surface area contributed by atoms with Gasteiger partial charge in [0.1, 0.15) is 0 Å². The van der Waals surface area contributed by atoms with Crippen LogP contribution in [-0.4, -0.2) is 18.1 Å². The zero-order valence-corrected chi connectivity index (χ0v) is 11.6. The molecule has 1 saturated heterocycles. The zero-order valence-electron chi connectivity index (χ0n) is 11.6. The minimum absolute atomic E-state index is 0.723. The van der Waals surface area contributed by atoms with Gasteiger partial charge in [0.15, 0.2) is 0 Å². The second-order valence-corrected chi connectivity index (χ2v) is 5.69. The Morgan fingerprint density at radius 1 is 1.06 bits per heavy atom. The van der Waals surface area contributed by atoms with E-state index in [1.54, 1.807) is 5.56 Å². The number of hydrogen-bond donors (Lipinski definition) is 2. The van der Waals surface area contributed by atoms with Crippen molar-refractivity contribution in [3.8, 4) is 0 Å². The molecule has 18 heavy (non-hydrogen) atoms. The monoisotopic (exact) mass is 242 g/mol. The van der Waals surface area contributed by atoms with E-state index >= 15 is 0 Å². The van der Waals surface area contributed by atoms with Gasteiger partial charge in [-0.25, -0.2) is 0 Å². The molecular formula is C16H22N2. The summed E-state index contributed by atoms with van der Waals surface area (Å²) in [6, 6.07) is 4.62. The van der Waals surface area contributed by atoms with Crippen LogP contribution in [0.1, 0.15) is 41.1 Å². The average molecular weight is 242 g/mol. The molecule has 0 radical (unpaired) electrons. The maximum atomic E-state index is 3.60. The lowest BCUT2D eigenvalue weighted by Gasteiger charge is -2.23. The van der Waals surface area contributed by atoms with Gasteiger partial charge in [-0.3, -0.25) is 0 Å². The number of fused-ring (bicyclic) bond motifs is 1. The topological polar surface area (TPSA) is 27.8 Å². The zero-order chi connectivity index (χ0) is 12.7. The molecule has 0 aliphatic carbocycles. The summed E-state index contributed by atoms with van der Waals surface area (Å²) in [7, 11) is 0. The van der Waals surface area contributed by atoms with Crippen molar-refractivity contribution < 1.29 is 0 Å². The summed E-state index contributed by atoms with van der Waals surface area (Å²) in [5.74, 6) is 0.723. The number of H-pyrrole nitrogens is 1. The van der Waals surface area contributed by atoms with Crippen molar-refractivity contribution in [2.75, 3.05) is 13.1 Å². The van der Waals surface area contributed by atoms with Crippen molar-refractivity contribution in [1.82, 2.24) is 10.3 Å². The highest BCUT2D eigenvalue weighted by atomic mass is 14.9. The summed E-state index contributed by atoms with van der Waals surface area (Å²) in [5, 5.41) is 4.91. The Hall–Kier alpha value is -1.28. The Morgan fingerprint density at radius 3 is 2.50 bits per heavy atom. The third-order valence-electron chi connectivity index (χ3n) is 4.23. The standard InChI is InChI=1S/C16H22N2/c1-10-8-11(2)16-14(9-10)15(12(3)18-16)13-4-6-17-7-5-13/h8-9,13,17-18H,4-7H2,1-3H3. The molecule has 0 unspecified atom stereocenters. The van der Waals surface area contributed by atoms with Crippen LogP contribution >= 0.6 is 0 Å². The molecule has 2 nitrogen and oxygen atoms in total. The van der Waals surface area contributed by atoms with Crippen LogP contribution in [0.2, 0.25) is 0 Å². The molecular weight excluding hydrogens is 220 g/mol. The largest absolute Gasteiger partial charge is 0.358 e. The lowest BCUT2D eigenvalue weighted by atomic mass is 9.87.